The van der Waals surface area contributed by atoms with E-state index in [-0.39, 0.29) is 0 Å². The molecule has 1 aliphatic rings. The molecule has 1 fully saturated rings. The highest BCUT2D eigenvalue weighted by Crippen LogP contribution is 2.15. The van der Waals surface area contributed by atoms with Gasteiger partial charge in [-0.1, -0.05) is 17.7 Å². The van der Waals surface area contributed by atoms with E-state index < -0.39 is 0 Å². The van der Waals surface area contributed by atoms with Crippen LogP contribution in [0.5, 0.6) is 0 Å². The first-order chi connectivity index (χ1) is 8.09. The summed E-state index contributed by atoms with van der Waals surface area (Å²) in [6, 6.07) is 8.68. The Morgan fingerprint density at radius 1 is 1.00 bits per heavy atom. The molecular weight excluding hydrogens is 212 g/mol. The van der Waals surface area contributed by atoms with Crippen LogP contribution in [0.4, 0.5) is 5.69 Å². The summed E-state index contributed by atoms with van der Waals surface area (Å²) in [6.45, 7) is 5.86. The molecule has 0 amide bonds. The number of rotatable bonds is 1. The molecule has 0 N–H and O–H groups in total. The van der Waals surface area contributed by atoms with E-state index in [0.29, 0.717) is 0 Å². The average molecular weight is 236 g/mol. The van der Waals surface area contributed by atoms with Gasteiger partial charge in [-0.2, -0.15) is 0 Å². The van der Waals surface area contributed by atoms with Crippen molar-refractivity contribution in [1.29, 1.82) is 0 Å². The second-order valence-corrected chi connectivity index (χ2v) is 4.78. The van der Waals surface area contributed by atoms with E-state index in [0.717, 1.165) is 26.3 Å². The molecule has 1 aromatic carbocycles. The molecule has 1 aliphatic heterocycles. The maximum absolute atomic E-state index is 5.30. The minimum absolute atomic E-state index is 0.855. The van der Waals surface area contributed by atoms with Crippen LogP contribution in [0, 0.1) is 6.92 Å². The fourth-order valence-corrected chi connectivity index (χ4v) is 1.58. The highest BCUT2D eigenvalue weighted by atomic mass is 16.5. The smallest absolute Gasteiger partial charge is 0.0642 e. The monoisotopic (exact) mass is 236 g/mol. The predicted molar refractivity (Wildman–Crippen MR) is 73.8 cm³/mol. The van der Waals surface area contributed by atoms with Gasteiger partial charge in [-0.05, 0) is 40.2 Å². The van der Waals surface area contributed by atoms with E-state index >= 15 is 0 Å². The number of morpholine rings is 1. The molecule has 96 valence electrons. The van der Waals surface area contributed by atoms with Gasteiger partial charge in [0.25, 0.3) is 0 Å². The molecular formula is C14H24N2O. The predicted octanol–water partition coefficient (Wildman–Crippen LogP) is 2.01. The molecule has 0 radical (unpaired) electrons. The van der Waals surface area contributed by atoms with Crippen LogP contribution in [0.15, 0.2) is 24.3 Å². The van der Waals surface area contributed by atoms with Crippen molar-refractivity contribution in [2.75, 3.05) is 52.3 Å². The highest BCUT2D eigenvalue weighted by molar-refractivity contribution is 5.47. The van der Waals surface area contributed by atoms with Crippen molar-refractivity contribution in [2.45, 2.75) is 6.92 Å². The average Bonchev–Trinajstić information content (AvgIpc) is 2.30. The Hall–Kier alpha value is -1.06. The molecule has 3 heteroatoms. The summed E-state index contributed by atoms with van der Waals surface area (Å²) in [5.74, 6) is 0. The van der Waals surface area contributed by atoms with Crippen LogP contribution in [0.1, 0.15) is 5.56 Å². The van der Waals surface area contributed by atoms with Crippen molar-refractivity contribution in [2.24, 2.45) is 0 Å². The zero-order valence-electron chi connectivity index (χ0n) is 11.4. The van der Waals surface area contributed by atoms with Gasteiger partial charge >= 0.3 is 0 Å². The van der Waals surface area contributed by atoms with Gasteiger partial charge in [0, 0.05) is 18.8 Å². The van der Waals surface area contributed by atoms with Crippen LogP contribution in [0.2, 0.25) is 0 Å². The summed E-state index contributed by atoms with van der Waals surface area (Å²) in [7, 11) is 6.00. The Bertz CT molecular complexity index is 300. The third kappa shape index (κ3) is 5.71. The first-order valence-corrected chi connectivity index (χ1v) is 6.10. The highest BCUT2D eigenvalue weighted by Gasteiger charge is 2.09. The molecule has 17 heavy (non-hydrogen) atoms. The lowest BCUT2D eigenvalue weighted by Gasteiger charge is -2.28. The fourth-order valence-electron chi connectivity index (χ4n) is 1.58. The molecule has 0 aliphatic carbocycles. The van der Waals surface area contributed by atoms with Crippen LogP contribution in [0.25, 0.3) is 0 Å². The lowest BCUT2D eigenvalue weighted by Crippen LogP contribution is -2.36. The van der Waals surface area contributed by atoms with Crippen molar-refractivity contribution in [3.63, 3.8) is 0 Å². The van der Waals surface area contributed by atoms with Crippen LogP contribution in [0.3, 0.4) is 0 Å². The van der Waals surface area contributed by atoms with Crippen LogP contribution in [-0.2, 0) is 4.74 Å². The van der Waals surface area contributed by atoms with Gasteiger partial charge in [-0.15, -0.1) is 0 Å². The van der Waals surface area contributed by atoms with E-state index in [1.165, 1.54) is 11.3 Å². The molecule has 1 heterocycles. The molecule has 1 saturated heterocycles. The molecule has 0 spiro atoms. The Balaban J connectivity index is 0.000000317. The van der Waals surface area contributed by atoms with E-state index in [1.54, 1.807) is 0 Å². The van der Waals surface area contributed by atoms with Crippen molar-refractivity contribution >= 4 is 5.69 Å². The van der Waals surface area contributed by atoms with Crippen molar-refractivity contribution in [3.05, 3.63) is 29.8 Å². The Labute approximate surface area is 105 Å². The molecule has 0 atom stereocenters. The summed E-state index contributed by atoms with van der Waals surface area (Å²) in [4.78, 5) is 4.36. The van der Waals surface area contributed by atoms with Crippen molar-refractivity contribution < 1.29 is 4.74 Å². The van der Waals surface area contributed by atoms with E-state index in [9.17, 15) is 0 Å². The summed E-state index contributed by atoms with van der Waals surface area (Å²) in [5, 5.41) is 0. The van der Waals surface area contributed by atoms with E-state index in [2.05, 4.69) is 36.1 Å². The van der Waals surface area contributed by atoms with Gasteiger partial charge in [0.15, 0.2) is 0 Å². The van der Waals surface area contributed by atoms with E-state index in [4.69, 9.17) is 4.74 Å². The normalized spacial score (nSPS) is 15.5. The van der Waals surface area contributed by atoms with Gasteiger partial charge in [0.05, 0.1) is 13.2 Å². The topological polar surface area (TPSA) is 15.7 Å². The Kier molecular flexibility index (Phi) is 6.01. The summed E-state index contributed by atoms with van der Waals surface area (Å²) < 4.78 is 5.30. The second kappa shape index (κ2) is 7.30. The number of nitrogens with zero attached hydrogens (tertiary/aromatic N) is 2. The third-order valence-corrected chi connectivity index (χ3v) is 2.41. The Morgan fingerprint density at radius 2 is 1.47 bits per heavy atom. The first-order valence-electron chi connectivity index (χ1n) is 6.10. The Morgan fingerprint density at radius 3 is 1.94 bits per heavy atom. The third-order valence-electron chi connectivity index (χ3n) is 2.41. The minimum Gasteiger partial charge on any atom is -0.378 e. The zero-order valence-corrected chi connectivity index (χ0v) is 11.4. The fraction of sp³-hybridized carbons (Fsp3) is 0.571. The minimum atomic E-state index is 0.855. The SMILES string of the molecule is CN(C)C.Cc1ccc(N2CCOCC2)cc1. The first kappa shape index (κ1) is 14.0. The number of anilines is 1. The van der Waals surface area contributed by atoms with Gasteiger partial charge < -0.3 is 14.5 Å². The maximum atomic E-state index is 5.30. The molecule has 0 saturated carbocycles. The lowest BCUT2D eigenvalue weighted by atomic mass is 10.2. The quantitative estimate of drug-likeness (QED) is 0.742. The van der Waals surface area contributed by atoms with Crippen molar-refractivity contribution in [1.82, 2.24) is 4.90 Å². The van der Waals surface area contributed by atoms with Crippen LogP contribution < -0.4 is 4.90 Å². The van der Waals surface area contributed by atoms with Crippen LogP contribution >= 0.6 is 0 Å². The number of benzene rings is 1. The molecule has 2 rings (SSSR count). The maximum Gasteiger partial charge on any atom is 0.0642 e. The summed E-state index contributed by atoms with van der Waals surface area (Å²) in [6.07, 6.45) is 0. The number of hydrogen-bond acceptors (Lipinski definition) is 3. The van der Waals surface area contributed by atoms with Gasteiger partial charge in [0.1, 0.15) is 0 Å². The largest absolute Gasteiger partial charge is 0.378 e. The molecule has 3 nitrogen and oxygen atoms in total. The van der Waals surface area contributed by atoms with Crippen LogP contribution in [-0.4, -0.2) is 52.3 Å². The zero-order chi connectivity index (χ0) is 12.7. The standard InChI is InChI=1S/C11H15NO.C3H9N/c1-10-2-4-11(5-3-10)12-6-8-13-9-7-12;1-4(2)3/h2-5H,6-9H2,1H3;1-3H3. The molecule has 0 bridgehead atoms. The second-order valence-electron chi connectivity index (χ2n) is 4.78. The van der Waals surface area contributed by atoms with E-state index in [1.807, 2.05) is 26.0 Å². The molecule has 0 aromatic heterocycles. The molecule has 1 aromatic rings. The summed E-state index contributed by atoms with van der Waals surface area (Å²) >= 11 is 0. The van der Waals surface area contributed by atoms with Gasteiger partial charge in [-0.3, -0.25) is 0 Å². The van der Waals surface area contributed by atoms with Gasteiger partial charge in [0.2, 0.25) is 0 Å². The van der Waals surface area contributed by atoms with Crippen molar-refractivity contribution in [3.8, 4) is 0 Å². The molecule has 0 unspecified atom stereocenters. The van der Waals surface area contributed by atoms with Gasteiger partial charge in [-0.25, -0.2) is 0 Å². The lowest BCUT2D eigenvalue weighted by molar-refractivity contribution is 0.122. The number of ether oxygens (including phenoxy) is 1. The number of hydrogen-bond donors (Lipinski definition) is 0. The number of aryl methyl sites for hydroxylation is 1. The summed E-state index contributed by atoms with van der Waals surface area (Å²) in [5.41, 5.74) is 2.63.